The van der Waals surface area contributed by atoms with Crippen molar-refractivity contribution in [3.8, 4) is 41.2 Å². The van der Waals surface area contributed by atoms with Crippen LogP contribution in [-0.4, -0.2) is 88.5 Å². The van der Waals surface area contributed by atoms with Crippen LogP contribution in [-0.2, 0) is 4.74 Å². The molecule has 0 spiro atoms. The Balaban J connectivity index is 1.14. The smallest absolute Gasteiger partial charge is 0.319 e. The highest BCUT2D eigenvalue weighted by Crippen LogP contribution is 2.51. The van der Waals surface area contributed by atoms with Crippen molar-refractivity contribution in [1.29, 1.82) is 0 Å². The van der Waals surface area contributed by atoms with E-state index in [2.05, 4.69) is 25.7 Å². The van der Waals surface area contributed by atoms with Crippen LogP contribution in [0, 0.1) is 29.4 Å². The Morgan fingerprint density at radius 2 is 1.83 bits per heavy atom. The topological polar surface area (TPSA) is 93.1 Å². The molecule has 5 fully saturated rings. The highest BCUT2D eigenvalue weighted by atomic mass is 19.3. The molecule has 4 aromatic rings. The van der Waals surface area contributed by atoms with Crippen molar-refractivity contribution in [2.75, 3.05) is 38.3 Å². The second kappa shape index (κ2) is 12.9. The van der Waals surface area contributed by atoms with Crippen LogP contribution in [0.4, 0.5) is 23.4 Å². The molecule has 2 aliphatic carbocycles. The quantitative estimate of drug-likeness (QED) is 0.154. The molecule has 9 rings (SSSR count). The van der Waals surface area contributed by atoms with Gasteiger partial charge in [-0.2, -0.15) is 9.97 Å². The Morgan fingerprint density at radius 3 is 2.57 bits per heavy atom. The maximum atomic E-state index is 17.2. The highest BCUT2D eigenvalue weighted by Gasteiger charge is 2.51. The van der Waals surface area contributed by atoms with Crippen molar-refractivity contribution in [3.05, 3.63) is 41.5 Å². The molecule has 0 amide bonds. The lowest BCUT2D eigenvalue weighted by atomic mass is 9.74. The maximum Gasteiger partial charge on any atom is 0.319 e. The molecule has 53 heavy (non-hydrogen) atoms. The van der Waals surface area contributed by atoms with E-state index in [1.165, 1.54) is 31.4 Å². The maximum absolute atomic E-state index is 17.2. The number of ether oxygens (including phenoxy) is 3. The summed E-state index contributed by atoms with van der Waals surface area (Å²) in [6.45, 7) is 2.21. The molecule has 0 unspecified atom stereocenters. The van der Waals surface area contributed by atoms with Crippen LogP contribution in [0.15, 0.2) is 24.3 Å². The number of phenols is 1. The molecule has 0 radical (unpaired) electrons. The van der Waals surface area contributed by atoms with Crippen molar-refractivity contribution >= 4 is 27.5 Å². The summed E-state index contributed by atoms with van der Waals surface area (Å²) in [5, 5.41) is 11.6. The average molecular weight is 732 g/mol. The third-order valence-electron chi connectivity index (χ3n) is 12.5. The fourth-order valence-electron chi connectivity index (χ4n) is 10.1. The second-order valence-electron chi connectivity index (χ2n) is 15.5. The summed E-state index contributed by atoms with van der Waals surface area (Å²) in [7, 11) is 1.42. The normalized spacial score (nSPS) is 27.0. The zero-order chi connectivity index (χ0) is 36.6. The number of fused-ring (bicyclic) bond motifs is 5. The number of anilines is 1. The minimum Gasteiger partial charge on any atom is -0.508 e. The molecule has 5 heterocycles. The number of phenolic OH excluding ortho intramolecular Hbond substituents is 1. The predicted octanol–water partition coefficient (Wildman–Crippen LogP) is 7.39. The molecule has 3 aliphatic heterocycles. The number of likely N-dealkylation sites (tertiary alicyclic amines) is 1. The van der Waals surface area contributed by atoms with E-state index in [1.807, 2.05) is 0 Å². The summed E-state index contributed by atoms with van der Waals surface area (Å²) in [6, 6.07) is 5.72. The molecular weight excluding hydrogens is 690 g/mol. The van der Waals surface area contributed by atoms with Gasteiger partial charge in [0.05, 0.1) is 38.0 Å². The zero-order valence-electron chi connectivity index (χ0n) is 29.5. The summed E-state index contributed by atoms with van der Waals surface area (Å²) >= 11 is 0. The number of pyridine rings is 1. The Morgan fingerprint density at radius 1 is 1.02 bits per heavy atom. The number of benzene rings is 2. The van der Waals surface area contributed by atoms with E-state index in [0.29, 0.717) is 43.8 Å². The number of morpholine rings is 1. The van der Waals surface area contributed by atoms with Gasteiger partial charge in [0.25, 0.3) is 0 Å². The summed E-state index contributed by atoms with van der Waals surface area (Å²) in [6.07, 6.45) is 12.1. The lowest BCUT2D eigenvalue weighted by Crippen LogP contribution is -2.56. The third kappa shape index (κ3) is 5.71. The third-order valence-corrected chi connectivity index (χ3v) is 12.5. The number of aromatic nitrogens is 3. The van der Waals surface area contributed by atoms with Gasteiger partial charge in [-0.05, 0) is 75.1 Å². The predicted molar refractivity (Wildman–Crippen MR) is 191 cm³/mol. The van der Waals surface area contributed by atoms with Gasteiger partial charge in [-0.25, -0.2) is 22.5 Å². The number of hydrogen-bond donors (Lipinski definition) is 1. The number of piperidine rings is 1. The Labute approximate surface area is 304 Å². The van der Waals surface area contributed by atoms with E-state index < -0.39 is 17.6 Å². The van der Waals surface area contributed by atoms with Crippen molar-refractivity contribution in [2.45, 2.75) is 94.4 Å². The van der Waals surface area contributed by atoms with Crippen molar-refractivity contribution in [2.24, 2.45) is 5.41 Å². The van der Waals surface area contributed by atoms with Crippen LogP contribution in [0.25, 0.3) is 32.9 Å². The summed E-state index contributed by atoms with van der Waals surface area (Å²) < 4.78 is 78.7. The first-order chi connectivity index (χ1) is 25.6. The zero-order valence-corrected chi connectivity index (χ0v) is 29.5. The molecule has 3 saturated heterocycles. The van der Waals surface area contributed by atoms with Gasteiger partial charge in [-0.15, -0.1) is 6.42 Å². The van der Waals surface area contributed by atoms with Crippen LogP contribution in [0.3, 0.4) is 0 Å². The number of terminal acetylenes is 1. The highest BCUT2D eigenvalue weighted by molar-refractivity contribution is 6.04. The van der Waals surface area contributed by atoms with Crippen molar-refractivity contribution in [1.82, 2.24) is 19.9 Å². The van der Waals surface area contributed by atoms with Gasteiger partial charge < -0.3 is 24.2 Å². The van der Waals surface area contributed by atoms with Crippen LogP contribution in [0.5, 0.6) is 17.6 Å². The fraction of sp³-hybridized carbons (Fsp3) is 0.525. The van der Waals surface area contributed by atoms with E-state index >= 15 is 8.78 Å². The number of methoxy groups -OCH3 is 1. The largest absolute Gasteiger partial charge is 0.508 e. The van der Waals surface area contributed by atoms with Crippen LogP contribution in [0.2, 0.25) is 0 Å². The van der Waals surface area contributed by atoms with Gasteiger partial charge in [0.15, 0.2) is 5.82 Å². The van der Waals surface area contributed by atoms with E-state index in [4.69, 9.17) is 25.6 Å². The van der Waals surface area contributed by atoms with Gasteiger partial charge in [0.1, 0.15) is 34.0 Å². The van der Waals surface area contributed by atoms with Gasteiger partial charge in [-0.3, -0.25) is 4.90 Å². The number of alkyl halides is 2. The second-order valence-corrected chi connectivity index (χ2v) is 15.5. The number of halogens is 4. The Hall–Kier alpha value is -4.41. The standard InChI is InChI=1S/C40H41F4N5O4/c1-3-27-29(41)8-7-22-16-25(50)18-28(31(22)27)34-33(42)35-32(37(45-34)51-2)36(49-19-26-17-24(49)20-52-26)47-38(46-35)53-21-39-11-4-6-30(39)48(15-5-12-39)23-9-13-40(43,44)14-10-23/h1,7-8,16,18,23-24,26,30,50H,4-6,9-15,17,19-21H2,2H3/t24-,26-,30-,39-/m1/s1. The number of aromatic hydroxyl groups is 1. The summed E-state index contributed by atoms with van der Waals surface area (Å²) in [5.41, 5.74) is -0.550. The molecule has 13 heteroatoms. The van der Waals surface area contributed by atoms with E-state index in [1.54, 1.807) is 0 Å². The van der Waals surface area contributed by atoms with Gasteiger partial charge in [-0.1, -0.05) is 18.4 Å². The molecule has 9 nitrogen and oxygen atoms in total. The fourth-order valence-corrected chi connectivity index (χ4v) is 10.1. The van der Waals surface area contributed by atoms with Gasteiger partial charge in [0, 0.05) is 47.8 Å². The first-order valence-electron chi connectivity index (χ1n) is 18.6. The summed E-state index contributed by atoms with van der Waals surface area (Å²) in [4.78, 5) is 18.7. The lowest BCUT2D eigenvalue weighted by Gasteiger charge is -2.50. The minimum absolute atomic E-state index is 0.000114. The molecule has 2 saturated carbocycles. The van der Waals surface area contributed by atoms with Gasteiger partial charge >= 0.3 is 6.01 Å². The molecule has 1 N–H and O–H groups in total. The molecule has 278 valence electrons. The molecule has 2 bridgehead atoms. The first-order valence-corrected chi connectivity index (χ1v) is 18.6. The Bertz CT molecular complexity index is 2150. The summed E-state index contributed by atoms with van der Waals surface area (Å²) in [5.74, 6) is -1.43. The number of hydrogen-bond acceptors (Lipinski definition) is 9. The molecular formula is C40H41F4N5O4. The monoisotopic (exact) mass is 731 g/mol. The Kier molecular flexibility index (Phi) is 8.34. The first kappa shape index (κ1) is 34.4. The molecule has 2 aromatic heterocycles. The average Bonchev–Trinajstić information content (AvgIpc) is 3.91. The molecule has 5 aliphatic rings. The van der Waals surface area contributed by atoms with Crippen LogP contribution < -0.4 is 14.4 Å². The minimum atomic E-state index is -2.59. The van der Waals surface area contributed by atoms with Crippen molar-refractivity contribution < 1.29 is 36.9 Å². The van der Waals surface area contributed by atoms with E-state index in [-0.39, 0.29) is 93.2 Å². The van der Waals surface area contributed by atoms with Gasteiger partial charge in [0.2, 0.25) is 11.8 Å². The van der Waals surface area contributed by atoms with E-state index in [9.17, 15) is 13.9 Å². The lowest BCUT2D eigenvalue weighted by molar-refractivity contribution is -0.0801. The molecule has 4 atom stereocenters. The van der Waals surface area contributed by atoms with Crippen LogP contribution >= 0.6 is 0 Å². The van der Waals surface area contributed by atoms with E-state index in [0.717, 1.165) is 45.1 Å². The number of rotatable bonds is 7. The number of nitrogens with zero attached hydrogens (tertiary/aromatic N) is 5. The van der Waals surface area contributed by atoms with Crippen LogP contribution in [0.1, 0.15) is 69.8 Å². The van der Waals surface area contributed by atoms with Crippen molar-refractivity contribution in [3.63, 3.8) is 0 Å². The SMILES string of the molecule is C#Cc1c(F)ccc2cc(O)cc(-c3nc(OC)c4c(N5C[C@H]6C[C@@H]5CO6)nc(OC[C@]56CCC[C@H]5N(C5CCC(F)(F)CC5)CCC6)nc4c3F)c12. The molecule has 2 aromatic carbocycles.